The van der Waals surface area contributed by atoms with Gasteiger partial charge in [-0.05, 0) is 6.07 Å². The fourth-order valence-corrected chi connectivity index (χ4v) is 2.14. The van der Waals surface area contributed by atoms with Gasteiger partial charge < -0.3 is 4.74 Å². The second kappa shape index (κ2) is 5.21. The molecule has 1 rings (SSSR count). The number of ether oxygens (including phenoxy) is 1. The summed E-state index contributed by atoms with van der Waals surface area (Å²) in [5.74, 6) is -0.930. The molecule has 0 aliphatic rings. The third-order valence-electron chi connectivity index (χ3n) is 1.68. The molecule has 0 amide bonds. The van der Waals surface area contributed by atoms with E-state index in [2.05, 4.69) is 4.74 Å². The average Bonchev–Trinajstić information content (AvgIpc) is 2.17. The zero-order valence-electron chi connectivity index (χ0n) is 8.14. The molecular formula is C7H3Cl2F2NO5S. The highest BCUT2D eigenvalue weighted by Crippen LogP contribution is 2.38. The van der Waals surface area contributed by atoms with Gasteiger partial charge in [0, 0.05) is 16.7 Å². The number of rotatable bonds is 4. The topological polar surface area (TPSA) is 86.5 Å². The van der Waals surface area contributed by atoms with Crippen molar-refractivity contribution in [2.75, 3.05) is 0 Å². The molecule has 0 atom stereocenters. The van der Waals surface area contributed by atoms with Crippen molar-refractivity contribution in [3.63, 3.8) is 0 Å². The lowest BCUT2D eigenvalue weighted by Gasteiger charge is -2.08. The number of alkyl halides is 2. The number of nitro benzene ring substituents is 1. The van der Waals surface area contributed by atoms with Crippen molar-refractivity contribution in [1.29, 1.82) is 0 Å². The molecule has 0 saturated heterocycles. The van der Waals surface area contributed by atoms with Crippen LogP contribution in [0.2, 0.25) is 5.02 Å². The van der Waals surface area contributed by atoms with Crippen molar-refractivity contribution in [3.05, 3.63) is 27.3 Å². The molecule has 0 spiro atoms. The largest absolute Gasteiger partial charge is 0.426 e. The maximum Gasteiger partial charge on any atom is 0.387 e. The highest BCUT2D eigenvalue weighted by atomic mass is 35.7. The van der Waals surface area contributed by atoms with Crippen LogP contribution < -0.4 is 4.74 Å². The van der Waals surface area contributed by atoms with E-state index < -0.39 is 41.9 Å². The van der Waals surface area contributed by atoms with Crippen LogP contribution in [0.5, 0.6) is 5.75 Å². The van der Waals surface area contributed by atoms with Crippen LogP contribution in [0.1, 0.15) is 0 Å². The fraction of sp³-hybridized carbons (Fsp3) is 0.143. The van der Waals surface area contributed by atoms with Gasteiger partial charge in [-0.25, -0.2) is 8.42 Å². The van der Waals surface area contributed by atoms with Gasteiger partial charge in [0.15, 0.2) is 0 Å². The predicted octanol–water partition coefficient (Wildman–Crippen LogP) is 2.78. The van der Waals surface area contributed by atoms with Gasteiger partial charge in [0.1, 0.15) is 0 Å². The average molecular weight is 322 g/mol. The van der Waals surface area contributed by atoms with E-state index in [0.29, 0.717) is 12.1 Å². The number of benzene rings is 1. The summed E-state index contributed by atoms with van der Waals surface area (Å²) in [4.78, 5) is 8.81. The maximum absolute atomic E-state index is 12.0. The third-order valence-corrected chi connectivity index (χ3v) is 3.30. The van der Waals surface area contributed by atoms with Gasteiger partial charge in [-0.15, -0.1) is 0 Å². The van der Waals surface area contributed by atoms with Crippen LogP contribution in [-0.2, 0) is 9.05 Å². The summed E-state index contributed by atoms with van der Waals surface area (Å²) in [7, 11) is 0.681. The quantitative estimate of drug-likeness (QED) is 0.483. The molecule has 0 N–H and O–H groups in total. The molecule has 0 fully saturated rings. The Morgan fingerprint density at radius 2 is 1.94 bits per heavy atom. The molecule has 100 valence electrons. The van der Waals surface area contributed by atoms with Gasteiger partial charge >= 0.3 is 12.3 Å². The van der Waals surface area contributed by atoms with Crippen molar-refractivity contribution >= 4 is 37.0 Å². The second-order valence-corrected chi connectivity index (χ2v) is 5.80. The predicted molar refractivity (Wildman–Crippen MR) is 57.8 cm³/mol. The molecule has 11 heteroatoms. The first-order valence-electron chi connectivity index (χ1n) is 4.00. The first-order chi connectivity index (χ1) is 8.12. The Morgan fingerprint density at radius 1 is 1.39 bits per heavy atom. The van der Waals surface area contributed by atoms with Crippen LogP contribution in [0, 0.1) is 10.1 Å². The van der Waals surface area contributed by atoms with E-state index >= 15 is 0 Å². The van der Waals surface area contributed by atoms with Gasteiger partial charge in [0.2, 0.25) is 5.75 Å². The Bertz CT molecular complexity index is 592. The Balaban J connectivity index is 3.51. The number of hydrogen-bond donors (Lipinski definition) is 0. The Kier molecular flexibility index (Phi) is 4.30. The first kappa shape index (κ1) is 14.9. The van der Waals surface area contributed by atoms with Gasteiger partial charge in [0.05, 0.1) is 14.8 Å². The van der Waals surface area contributed by atoms with Crippen LogP contribution in [0.4, 0.5) is 14.5 Å². The number of nitrogens with zero attached hydrogens (tertiary/aromatic N) is 1. The van der Waals surface area contributed by atoms with Crippen LogP contribution in [0.25, 0.3) is 0 Å². The molecule has 18 heavy (non-hydrogen) atoms. The summed E-state index contributed by atoms with van der Waals surface area (Å²) in [6, 6.07) is 1.15. The Morgan fingerprint density at radius 3 is 2.33 bits per heavy atom. The van der Waals surface area contributed by atoms with E-state index in [1.807, 2.05) is 0 Å². The SMILES string of the molecule is O=[N+]([O-])c1cc(S(=O)(=O)Cl)cc(Cl)c1OC(F)F. The van der Waals surface area contributed by atoms with E-state index in [9.17, 15) is 27.3 Å². The molecule has 0 aliphatic carbocycles. The van der Waals surface area contributed by atoms with E-state index in [4.69, 9.17) is 22.3 Å². The van der Waals surface area contributed by atoms with Gasteiger partial charge in [-0.1, -0.05) is 11.6 Å². The molecule has 1 aromatic rings. The summed E-state index contributed by atoms with van der Waals surface area (Å²) >= 11 is 5.44. The summed E-state index contributed by atoms with van der Waals surface area (Å²) in [6.45, 7) is -3.35. The fourth-order valence-electron chi connectivity index (χ4n) is 1.04. The zero-order chi connectivity index (χ0) is 14.1. The minimum atomic E-state index is -4.29. The molecule has 0 heterocycles. The molecule has 0 radical (unpaired) electrons. The highest BCUT2D eigenvalue weighted by Gasteiger charge is 2.26. The summed E-state index contributed by atoms with van der Waals surface area (Å²) < 4.78 is 49.9. The van der Waals surface area contributed by atoms with Crippen molar-refractivity contribution in [3.8, 4) is 5.75 Å². The maximum atomic E-state index is 12.0. The lowest BCUT2D eigenvalue weighted by Crippen LogP contribution is -2.06. The van der Waals surface area contributed by atoms with Crippen molar-refractivity contribution < 1.29 is 26.9 Å². The number of halogens is 4. The molecule has 0 aromatic heterocycles. The van der Waals surface area contributed by atoms with Crippen molar-refractivity contribution in [2.24, 2.45) is 0 Å². The first-order valence-corrected chi connectivity index (χ1v) is 6.69. The van der Waals surface area contributed by atoms with E-state index in [1.165, 1.54) is 0 Å². The van der Waals surface area contributed by atoms with Crippen LogP contribution >= 0.6 is 22.3 Å². The summed E-state index contributed by atoms with van der Waals surface area (Å²) in [5.41, 5.74) is -1.03. The molecule has 6 nitrogen and oxygen atoms in total. The molecule has 1 aromatic carbocycles. The Hall–Kier alpha value is -1.19. The minimum absolute atomic E-state index is 0.478. The monoisotopic (exact) mass is 321 g/mol. The second-order valence-electron chi connectivity index (χ2n) is 2.83. The number of hydrogen-bond acceptors (Lipinski definition) is 5. The molecule has 0 bridgehead atoms. The minimum Gasteiger partial charge on any atom is -0.426 e. The van der Waals surface area contributed by atoms with Crippen LogP contribution in [0.15, 0.2) is 17.0 Å². The van der Waals surface area contributed by atoms with Crippen molar-refractivity contribution in [1.82, 2.24) is 0 Å². The van der Waals surface area contributed by atoms with E-state index in [1.54, 1.807) is 0 Å². The number of nitro groups is 1. The highest BCUT2D eigenvalue weighted by molar-refractivity contribution is 8.13. The van der Waals surface area contributed by atoms with Crippen LogP contribution in [0.3, 0.4) is 0 Å². The van der Waals surface area contributed by atoms with Gasteiger partial charge in [-0.2, -0.15) is 8.78 Å². The standard InChI is InChI=1S/C7H3Cl2F2NO5S/c8-4-1-3(18(9,15)16)2-5(12(13)14)6(4)17-7(10)11/h1-2,7H. The van der Waals surface area contributed by atoms with Crippen molar-refractivity contribution in [2.45, 2.75) is 11.5 Å². The van der Waals surface area contributed by atoms with Gasteiger partial charge in [0.25, 0.3) is 9.05 Å². The smallest absolute Gasteiger partial charge is 0.387 e. The molecule has 0 saturated carbocycles. The Labute approximate surface area is 109 Å². The van der Waals surface area contributed by atoms with Gasteiger partial charge in [-0.3, -0.25) is 10.1 Å². The normalized spacial score (nSPS) is 11.6. The van der Waals surface area contributed by atoms with E-state index in [-0.39, 0.29) is 0 Å². The molecule has 0 unspecified atom stereocenters. The van der Waals surface area contributed by atoms with Crippen LogP contribution in [-0.4, -0.2) is 20.0 Å². The lowest BCUT2D eigenvalue weighted by molar-refractivity contribution is -0.386. The zero-order valence-corrected chi connectivity index (χ0v) is 10.5. The summed E-state index contributed by atoms with van der Waals surface area (Å²) in [5, 5.41) is 9.96. The van der Waals surface area contributed by atoms with E-state index in [0.717, 1.165) is 0 Å². The molecular weight excluding hydrogens is 319 g/mol. The lowest BCUT2D eigenvalue weighted by atomic mass is 10.3. The molecule has 0 aliphatic heterocycles. The third kappa shape index (κ3) is 3.40. The summed E-state index contributed by atoms with van der Waals surface area (Å²) in [6.07, 6.45) is 0.